The smallest absolute Gasteiger partial charge is 0.311 e. The highest BCUT2D eigenvalue weighted by atomic mass is 16.6. The zero-order valence-electron chi connectivity index (χ0n) is 15.2. The van der Waals surface area contributed by atoms with Crippen molar-refractivity contribution in [2.75, 3.05) is 13.2 Å². The first-order valence-electron chi connectivity index (χ1n) is 8.52. The van der Waals surface area contributed by atoms with Gasteiger partial charge in [0.2, 0.25) is 0 Å². The van der Waals surface area contributed by atoms with E-state index in [0.29, 0.717) is 30.1 Å². The van der Waals surface area contributed by atoms with Crippen molar-refractivity contribution in [3.05, 3.63) is 63.7 Å². The summed E-state index contributed by atoms with van der Waals surface area (Å²) in [5, 5.41) is 15.0. The molecule has 0 aliphatic heterocycles. The molecule has 0 spiro atoms. The Morgan fingerprint density at radius 1 is 1.19 bits per heavy atom. The lowest BCUT2D eigenvalue weighted by molar-refractivity contribution is -0.385. The lowest BCUT2D eigenvalue weighted by atomic mass is 10.2. The first-order valence-corrected chi connectivity index (χ1v) is 8.52. The van der Waals surface area contributed by atoms with Crippen molar-refractivity contribution in [1.29, 1.82) is 0 Å². The van der Waals surface area contributed by atoms with Crippen LogP contribution in [0.15, 0.2) is 47.6 Å². The number of carbonyl (C=O) groups is 1. The molecule has 2 rings (SSSR count). The lowest BCUT2D eigenvalue weighted by Gasteiger charge is -2.05. The zero-order chi connectivity index (χ0) is 19.6. The third-order valence-electron chi connectivity index (χ3n) is 3.45. The number of benzene rings is 2. The quantitative estimate of drug-likeness (QED) is 0.412. The fourth-order valence-electron chi connectivity index (χ4n) is 2.19. The van der Waals surface area contributed by atoms with Crippen molar-refractivity contribution in [3.63, 3.8) is 0 Å². The Bertz CT molecular complexity index is 819. The molecule has 1 amide bonds. The highest BCUT2D eigenvalue weighted by Gasteiger charge is 2.15. The summed E-state index contributed by atoms with van der Waals surface area (Å²) in [7, 11) is 0. The van der Waals surface area contributed by atoms with E-state index in [1.54, 1.807) is 37.3 Å². The van der Waals surface area contributed by atoms with E-state index in [0.717, 1.165) is 6.42 Å². The van der Waals surface area contributed by atoms with Gasteiger partial charge in [-0.1, -0.05) is 6.92 Å². The summed E-state index contributed by atoms with van der Waals surface area (Å²) in [6.07, 6.45) is 2.24. The van der Waals surface area contributed by atoms with E-state index in [-0.39, 0.29) is 11.4 Å². The highest BCUT2D eigenvalue weighted by molar-refractivity contribution is 5.95. The molecule has 1 N–H and O–H groups in total. The van der Waals surface area contributed by atoms with Gasteiger partial charge in [0.25, 0.3) is 5.91 Å². The van der Waals surface area contributed by atoms with Gasteiger partial charge in [-0.05, 0) is 49.7 Å². The molecule has 2 aromatic rings. The number of ether oxygens (including phenoxy) is 2. The van der Waals surface area contributed by atoms with E-state index in [2.05, 4.69) is 10.5 Å². The summed E-state index contributed by atoms with van der Waals surface area (Å²) >= 11 is 0. The Morgan fingerprint density at radius 2 is 1.93 bits per heavy atom. The number of rotatable bonds is 9. The Morgan fingerprint density at radius 3 is 2.56 bits per heavy atom. The van der Waals surface area contributed by atoms with E-state index in [1.165, 1.54) is 18.3 Å². The van der Waals surface area contributed by atoms with Gasteiger partial charge in [-0.2, -0.15) is 5.10 Å². The lowest BCUT2D eigenvalue weighted by Crippen LogP contribution is -2.17. The van der Waals surface area contributed by atoms with Crippen LogP contribution >= 0.6 is 0 Å². The van der Waals surface area contributed by atoms with Crippen molar-refractivity contribution in [2.24, 2.45) is 5.10 Å². The van der Waals surface area contributed by atoms with Crippen LogP contribution in [0.3, 0.4) is 0 Å². The van der Waals surface area contributed by atoms with Gasteiger partial charge in [-0.25, -0.2) is 5.43 Å². The molecule has 142 valence electrons. The first kappa shape index (κ1) is 19.9. The predicted octanol–water partition coefficient (Wildman–Crippen LogP) is 3.55. The van der Waals surface area contributed by atoms with E-state index in [9.17, 15) is 14.9 Å². The highest BCUT2D eigenvalue weighted by Crippen LogP contribution is 2.27. The average Bonchev–Trinajstić information content (AvgIpc) is 2.67. The van der Waals surface area contributed by atoms with Crippen LogP contribution in [0.25, 0.3) is 0 Å². The molecular formula is C19H21N3O5. The molecule has 0 aromatic heterocycles. The van der Waals surface area contributed by atoms with Crippen LogP contribution < -0.4 is 14.9 Å². The predicted molar refractivity (Wildman–Crippen MR) is 102 cm³/mol. The van der Waals surface area contributed by atoms with Crippen molar-refractivity contribution >= 4 is 17.8 Å². The number of nitro groups is 1. The molecule has 0 bridgehead atoms. The SMILES string of the molecule is CCCOc1ccc(C(=O)N/N=C\c2ccc(OCC)c([N+](=O)[O-])c2)cc1. The minimum Gasteiger partial charge on any atom is -0.494 e. The summed E-state index contributed by atoms with van der Waals surface area (Å²) < 4.78 is 10.7. The maximum atomic E-state index is 12.1. The molecule has 8 heteroatoms. The Hall–Kier alpha value is -3.42. The number of nitrogens with zero attached hydrogens (tertiary/aromatic N) is 2. The van der Waals surface area contributed by atoms with Crippen LogP contribution in [0.5, 0.6) is 11.5 Å². The van der Waals surface area contributed by atoms with Crippen LogP contribution in [0, 0.1) is 10.1 Å². The topological polar surface area (TPSA) is 103 Å². The summed E-state index contributed by atoms with van der Waals surface area (Å²) in [6.45, 7) is 4.70. The number of amides is 1. The third-order valence-corrected chi connectivity index (χ3v) is 3.45. The van der Waals surface area contributed by atoms with Crippen molar-refractivity contribution in [1.82, 2.24) is 5.43 Å². The van der Waals surface area contributed by atoms with E-state index in [1.807, 2.05) is 6.92 Å². The molecule has 27 heavy (non-hydrogen) atoms. The van der Waals surface area contributed by atoms with Crippen LogP contribution in [0.4, 0.5) is 5.69 Å². The van der Waals surface area contributed by atoms with Gasteiger partial charge in [0.1, 0.15) is 5.75 Å². The largest absolute Gasteiger partial charge is 0.494 e. The first-order chi connectivity index (χ1) is 13.0. The van der Waals surface area contributed by atoms with Gasteiger partial charge in [0.15, 0.2) is 5.75 Å². The molecule has 0 saturated carbocycles. The summed E-state index contributed by atoms with van der Waals surface area (Å²) in [6, 6.07) is 11.2. The van der Waals surface area contributed by atoms with E-state index < -0.39 is 10.8 Å². The number of hydrazone groups is 1. The van der Waals surface area contributed by atoms with Gasteiger partial charge in [-0.15, -0.1) is 0 Å². The van der Waals surface area contributed by atoms with E-state index >= 15 is 0 Å². The summed E-state index contributed by atoms with van der Waals surface area (Å²) in [5.74, 6) is 0.487. The van der Waals surface area contributed by atoms with Gasteiger partial charge >= 0.3 is 5.69 Å². The minimum atomic E-state index is -0.525. The molecule has 0 unspecified atom stereocenters. The fraction of sp³-hybridized carbons (Fsp3) is 0.263. The fourth-order valence-corrected chi connectivity index (χ4v) is 2.19. The number of carbonyl (C=O) groups excluding carboxylic acids is 1. The van der Waals surface area contributed by atoms with Crippen molar-refractivity contribution in [2.45, 2.75) is 20.3 Å². The average molecular weight is 371 g/mol. The summed E-state index contributed by atoms with van der Waals surface area (Å²) in [5.41, 5.74) is 3.12. The Labute approximate surface area is 157 Å². The second-order valence-electron chi connectivity index (χ2n) is 5.49. The summed E-state index contributed by atoms with van der Waals surface area (Å²) in [4.78, 5) is 22.7. The molecule has 0 radical (unpaired) electrons. The molecule has 0 heterocycles. The maximum absolute atomic E-state index is 12.1. The van der Waals surface area contributed by atoms with Gasteiger partial charge in [0, 0.05) is 17.2 Å². The van der Waals surface area contributed by atoms with Crippen LogP contribution in [-0.4, -0.2) is 30.3 Å². The Kier molecular flexibility index (Phi) is 7.30. The maximum Gasteiger partial charge on any atom is 0.311 e. The van der Waals surface area contributed by atoms with Crippen LogP contribution in [-0.2, 0) is 0 Å². The standard InChI is InChI=1S/C19H21N3O5/c1-3-11-27-16-8-6-15(7-9-16)19(23)21-20-13-14-5-10-18(26-4-2)17(12-14)22(24)25/h5-10,12-13H,3-4,11H2,1-2H3,(H,21,23)/b20-13-. The molecular weight excluding hydrogens is 350 g/mol. The molecule has 0 atom stereocenters. The monoisotopic (exact) mass is 371 g/mol. The van der Waals surface area contributed by atoms with Gasteiger partial charge in [0.05, 0.1) is 24.4 Å². The van der Waals surface area contributed by atoms with Crippen molar-refractivity contribution in [3.8, 4) is 11.5 Å². The number of nitrogens with one attached hydrogen (secondary N) is 1. The third kappa shape index (κ3) is 5.81. The van der Waals surface area contributed by atoms with Gasteiger partial charge in [-0.3, -0.25) is 14.9 Å². The van der Waals surface area contributed by atoms with Gasteiger partial charge < -0.3 is 9.47 Å². The normalized spacial score (nSPS) is 10.6. The van der Waals surface area contributed by atoms with Crippen LogP contribution in [0.1, 0.15) is 36.2 Å². The number of hydrogen-bond acceptors (Lipinski definition) is 6. The minimum absolute atomic E-state index is 0.158. The van der Waals surface area contributed by atoms with Crippen molar-refractivity contribution < 1.29 is 19.2 Å². The Balaban J connectivity index is 2.01. The van der Waals surface area contributed by atoms with E-state index in [4.69, 9.17) is 9.47 Å². The molecule has 2 aromatic carbocycles. The zero-order valence-corrected chi connectivity index (χ0v) is 15.2. The molecule has 8 nitrogen and oxygen atoms in total. The number of hydrogen-bond donors (Lipinski definition) is 1. The molecule has 0 aliphatic rings. The number of nitro benzene ring substituents is 1. The molecule has 0 saturated heterocycles. The molecule has 0 aliphatic carbocycles. The molecule has 0 fully saturated rings. The second kappa shape index (κ2) is 9.91. The second-order valence-corrected chi connectivity index (χ2v) is 5.49. The van der Waals surface area contributed by atoms with Crippen LogP contribution in [0.2, 0.25) is 0 Å².